The Morgan fingerprint density at radius 2 is 2.06 bits per heavy atom. The van der Waals surface area contributed by atoms with Crippen LogP contribution in [0.2, 0.25) is 5.02 Å². The normalized spacial score (nSPS) is 10.6. The van der Waals surface area contributed by atoms with Crippen LogP contribution in [0.15, 0.2) is 32.3 Å². The maximum atomic E-state index is 11.7. The molecule has 1 heterocycles. The van der Waals surface area contributed by atoms with Crippen LogP contribution in [0.1, 0.15) is 5.56 Å². The van der Waals surface area contributed by atoms with Crippen LogP contribution in [0.4, 0.5) is 0 Å². The minimum atomic E-state index is -0.711. The first-order valence-corrected chi connectivity index (χ1v) is 6.09. The third-order valence-corrected chi connectivity index (χ3v) is 3.69. The van der Waals surface area contributed by atoms with Crippen LogP contribution in [-0.2, 0) is 0 Å². The van der Waals surface area contributed by atoms with Gasteiger partial charge in [0.2, 0.25) is 5.88 Å². The van der Waals surface area contributed by atoms with Gasteiger partial charge in [0.05, 0.1) is 16.3 Å². The Balaban J connectivity index is 2.79. The number of rotatable bonds is 1. The average Bonchev–Trinajstić information content (AvgIpc) is 2.31. The summed E-state index contributed by atoms with van der Waals surface area (Å²) in [4.78, 5) is 25.1. The fraction of sp³-hybridized carbons (Fsp3) is 0.0909. The zero-order chi connectivity index (χ0) is 13.4. The fourth-order valence-electron chi connectivity index (χ4n) is 1.48. The van der Waals surface area contributed by atoms with Gasteiger partial charge < -0.3 is 5.11 Å². The molecule has 0 fully saturated rings. The van der Waals surface area contributed by atoms with Gasteiger partial charge in [-0.15, -0.1) is 0 Å². The highest BCUT2D eigenvalue weighted by Gasteiger charge is 2.12. The number of aromatic amines is 1. The third kappa shape index (κ3) is 2.09. The van der Waals surface area contributed by atoms with Gasteiger partial charge in [0.25, 0.3) is 5.56 Å². The zero-order valence-corrected chi connectivity index (χ0v) is 11.5. The van der Waals surface area contributed by atoms with E-state index in [9.17, 15) is 14.7 Å². The molecule has 0 atom stereocenters. The molecule has 0 amide bonds. The molecule has 94 valence electrons. The first kappa shape index (κ1) is 12.9. The molecule has 1 aromatic carbocycles. The van der Waals surface area contributed by atoms with Crippen LogP contribution >= 0.6 is 27.5 Å². The molecule has 0 radical (unpaired) electrons. The highest BCUT2D eigenvalue weighted by Crippen LogP contribution is 2.26. The van der Waals surface area contributed by atoms with E-state index in [1.807, 2.05) is 0 Å². The molecule has 0 aliphatic heterocycles. The number of nitrogens with one attached hydrogen (secondary N) is 1. The summed E-state index contributed by atoms with van der Waals surface area (Å²) in [5.74, 6) is -0.391. The Morgan fingerprint density at radius 3 is 2.67 bits per heavy atom. The topological polar surface area (TPSA) is 75.1 Å². The summed E-state index contributed by atoms with van der Waals surface area (Å²) in [5, 5.41) is 10.3. The quantitative estimate of drug-likeness (QED) is 0.839. The van der Waals surface area contributed by atoms with Crippen LogP contribution in [0.25, 0.3) is 5.69 Å². The summed E-state index contributed by atoms with van der Waals surface area (Å²) in [7, 11) is 0. The molecular formula is C11H8BrClN2O3. The van der Waals surface area contributed by atoms with Gasteiger partial charge in [0, 0.05) is 4.47 Å². The van der Waals surface area contributed by atoms with Gasteiger partial charge in [-0.2, -0.15) is 0 Å². The third-order valence-electron chi connectivity index (χ3n) is 2.47. The van der Waals surface area contributed by atoms with Crippen LogP contribution in [0.3, 0.4) is 0 Å². The summed E-state index contributed by atoms with van der Waals surface area (Å²) >= 11 is 9.07. The predicted molar refractivity (Wildman–Crippen MR) is 71.8 cm³/mol. The Morgan fingerprint density at radius 1 is 1.39 bits per heavy atom. The second kappa shape index (κ2) is 4.62. The van der Waals surface area contributed by atoms with Gasteiger partial charge in [0.1, 0.15) is 0 Å². The summed E-state index contributed by atoms with van der Waals surface area (Å²) in [6, 6.07) is 4.71. The molecule has 0 spiro atoms. The van der Waals surface area contributed by atoms with Crippen molar-refractivity contribution in [1.82, 2.24) is 9.55 Å². The van der Waals surface area contributed by atoms with Crippen molar-refractivity contribution in [3.8, 4) is 11.6 Å². The number of aromatic nitrogens is 2. The zero-order valence-electron chi connectivity index (χ0n) is 9.20. The molecule has 2 N–H and O–H groups in total. The molecule has 1 aromatic heterocycles. The van der Waals surface area contributed by atoms with E-state index in [4.69, 9.17) is 11.6 Å². The molecular weight excluding hydrogens is 323 g/mol. The van der Waals surface area contributed by atoms with Gasteiger partial charge in [-0.1, -0.05) is 11.6 Å². The van der Waals surface area contributed by atoms with E-state index in [0.717, 1.165) is 4.57 Å². The molecule has 0 bridgehead atoms. The van der Waals surface area contributed by atoms with E-state index < -0.39 is 17.1 Å². The summed E-state index contributed by atoms with van der Waals surface area (Å²) < 4.78 is 1.58. The van der Waals surface area contributed by atoms with Crippen molar-refractivity contribution in [2.24, 2.45) is 0 Å². The van der Waals surface area contributed by atoms with Crippen molar-refractivity contribution in [2.45, 2.75) is 6.92 Å². The fourth-order valence-corrected chi connectivity index (χ4v) is 1.96. The first-order chi connectivity index (χ1) is 8.41. The number of halogens is 2. The first-order valence-electron chi connectivity index (χ1n) is 4.92. The van der Waals surface area contributed by atoms with Crippen molar-refractivity contribution < 1.29 is 5.11 Å². The minimum Gasteiger partial charge on any atom is -0.494 e. The predicted octanol–water partition coefficient (Wildman–Crippen LogP) is 1.96. The van der Waals surface area contributed by atoms with Gasteiger partial charge in [-0.05, 0) is 41.1 Å². The van der Waals surface area contributed by atoms with Crippen LogP contribution in [0, 0.1) is 6.92 Å². The second-order valence-electron chi connectivity index (χ2n) is 3.64. The van der Waals surface area contributed by atoms with Crippen LogP contribution in [-0.4, -0.2) is 14.7 Å². The Bertz CT molecular complexity index is 736. The number of hydrogen-bond donors (Lipinski definition) is 2. The van der Waals surface area contributed by atoms with E-state index >= 15 is 0 Å². The van der Waals surface area contributed by atoms with Gasteiger partial charge in [0.15, 0.2) is 0 Å². The maximum Gasteiger partial charge on any atom is 0.335 e. The molecule has 7 heteroatoms. The Kier molecular flexibility index (Phi) is 3.32. The average molecular weight is 332 g/mol. The van der Waals surface area contributed by atoms with Crippen molar-refractivity contribution >= 4 is 27.5 Å². The summed E-state index contributed by atoms with van der Waals surface area (Å²) in [6.45, 7) is 1.43. The molecule has 2 rings (SSSR count). The number of benzene rings is 1. The van der Waals surface area contributed by atoms with Crippen LogP contribution in [0.5, 0.6) is 5.88 Å². The SMILES string of the molecule is Cc1c(O)n(-c2ccc(Cl)c(Br)c2)c(=O)[nH]c1=O. The van der Waals surface area contributed by atoms with E-state index in [2.05, 4.69) is 20.9 Å². The van der Waals surface area contributed by atoms with E-state index in [-0.39, 0.29) is 5.56 Å². The maximum absolute atomic E-state index is 11.7. The molecule has 0 aliphatic rings. The second-order valence-corrected chi connectivity index (χ2v) is 4.90. The van der Waals surface area contributed by atoms with Gasteiger partial charge in [-0.3, -0.25) is 9.78 Å². The van der Waals surface area contributed by atoms with Gasteiger partial charge >= 0.3 is 5.69 Å². The smallest absolute Gasteiger partial charge is 0.335 e. The molecule has 18 heavy (non-hydrogen) atoms. The van der Waals surface area contributed by atoms with Crippen molar-refractivity contribution in [3.05, 3.63) is 54.1 Å². The minimum absolute atomic E-state index is 0.0701. The highest BCUT2D eigenvalue weighted by molar-refractivity contribution is 9.10. The largest absolute Gasteiger partial charge is 0.494 e. The monoisotopic (exact) mass is 330 g/mol. The lowest BCUT2D eigenvalue weighted by atomic mass is 10.3. The molecule has 0 unspecified atom stereocenters. The summed E-state index contributed by atoms with van der Waals surface area (Å²) in [6.07, 6.45) is 0. The molecule has 0 saturated heterocycles. The lowest BCUT2D eigenvalue weighted by Crippen LogP contribution is -2.30. The van der Waals surface area contributed by atoms with Crippen molar-refractivity contribution in [2.75, 3.05) is 0 Å². The summed E-state index contributed by atoms with van der Waals surface area (Å²) in [5.41, 5.74) is -0.854. The number of hydrogen-bond acceptors (Lipinski definition) is 3. The Hall–Kier alpha value is -1.53. The number of nitrogens with zero attached hydrogens (tertiary/aromatic N) is 1. The van der Waals surface area contributed by atoms with Crippen LogP contribution < -0.4 is 11.2 Å². The van der Waals surface area contributed by atoms with E-state index in [0.29, 0.717) is 15.2 Å². The Labute approximate surface area is 115 Å². The molecule has 0 saturated carbocycles. The standard InChI is InChI=1S/C11H8BrClN2O3/c1-5-9(16)14-11(18)15(10(5)17)6-2-3-8(13)7(12)4-6/h2-4,17H,1H3,(H,14,16,18). The van der Waals surface area contributed by atoms with E-state index in [1.165, 1.54) is 6.92 Å². The van der Waals surface area contributed by atoms with Gasteiger partial charge in [-0.25, -0.2) is 9.36 Å². The van der Waals surface area contributed by atoms with Crippen molar-refractivity contribution in [3.63, 3.8) is 0 Å². The lowest BCUT2D eigenvalue weighted by Gasteiger charge is -2.10. The highest BCUT2D eigenvalue weighted by atomic mass is 79.9. The lowest BCUT2D eigenvalue weighted by molar-refractivity contribution is 0.426. The molecule has 0 aliphatic carbocycles. The number of aromatic hydroxyl groups is 1. The molecule has 2 aromatic rings. The number of H-pyrrole nitrogens is 1. The molecule has 5 nitrogen and oxygen atoms in total. The van der Waals surface area contributed by atoms with Crippen molar-refractivity contribution in [1.29, 1.82) is 0 Å². The van der Waals surface area contributed by atoms with E-state index in [1.54, 1.807) is 18.2 Å².